The average molecular weight is 288 g/mol. The van der Waals surface area contributed by atoms with Gasteiger partial charge in [-0.15, -0.1) is 6.58 Å². The standard InChI is InChI=1S/C15H16N2O4/c1-4-11(2)10-21-15(19)12-7-5-6-8-13(12)17-16-9-14(18)20-3/h4-8,11H,1,10H2,2-3H3. The van der Waals surface area contributed by atoms with Crippen LogP contribution in [-0.2, 0) is 14.3 Å². The fourth-order valence-corrected chi connectivity index (χ4v) is 1.25. The molecule has 0 aromatic rings. The van der Waals surface area contributed by atoms with Crippen LogP contribution in [0.1, 0.15) is 6.92 Å². The molecule has 21 heavy (non-hydrogen) atoms. The Bertz CT molecular complexity index is 542. The van der Waals surface area contributed by atoms with Crippen molar-refractivity contribution >= 4 is 17.9 Å². The lowest BCUT2D eigenvalue weighted by molar-refractivity contribution is -0.358. The minimum Gasteiger partial charge on any atom is -0.612 e. The van der Waals surface area contributed by atoms with E-state index in [9.17, 15) is 9.90 Å². The van der Waals surface area contributed by atoms with Gasteiger partial charge in [-0.3, -0.25) is 0 Å². The molecule has 1 aliphatic rings. The molecule has 110 valence electrons. The van der Waals surface area contributed by atoms with E-state index in [4.69, 9.17) is 4.74 Å². The molecule has 1 atom stereocenters. The highest BCUT2D eigenvalue weighted by Gasteiger charge is 2.14. The Kier molecular flexibility index (Phi) is 6.57. The quantitative estimate of drug-likeness (QED) is 0.182. The van der Waals surface area contributed by atoms with Crippen LogP contribution in [0.15, 0.2) is 58.7 Å². The molecule has 0 bridgehead atoms. The number of rotatable bonds is 6. The first kappa shape index (κ1) is 16.3. The van der Waals surface area contributed by atoms with Crippen LogP contribution in [0.5, 0.6) is 0 Å². The molecule has 1 unspecified atom stereocenters. The summed E-state index contributed by atoms with van der Waals surface area (Å²) in [6.07, 6.45) is 10.2. The van der Waals surface area contributed by atoms with Crippen molar-refractivity contribution in [1.29, 1.82) is 0 Å². The summed E-state index contributed by atoms with van der Waals surface area (Å²) >= 11 is 0. The number of esters is 1. The lowest BCUT2D eigenvalue weighted by atomic mass is 10.1. The Morgan fingerprint density at radius 3 is 2.90 bits per heavy atom. The van der Waals surface area contributed by atoms with E-state index in [2.05, 4.69) is 21.5 Å². The zero-order chi connectivity index (χ0) is 15.7. The van der Waals surface area contributed by atoms with Crippen molar-refractivity contribution < 1.29 is 19.4 Å². The Hall–Kier alpha value is -2.72. The molecular weight excluding hydrogens is 272 g/mol. The molecule has 0 aromatic carbocycles. The molecular formula is C15H16N2O4. The Balaban J connectivity index is 2.86. The van der Waals surface area contributed by atoms with Crippen LogP contribution in [-0.4, -0.2) is 31.6 Å². The number of nitrogens with zero attached hydrogens (tertiary/aromatic N) is 2. The van der Waals surface area contributed by atoms with Crippen LogP contribution in [0.25, 0.3) is 0 Å². The van der Waals surface area contributed by atoms with Crippen LogP contribution in [0.4, 0.5) is 0 Å². The largest absolute Gasteiger partial charge is 0.619 e. The summed E-state index contributed by atoms with van der Waals surface area (Å²) < 4.78 is 9.48. The number of hydrogen-bond acceptors (Lipinski definition) is 6. The molecule has 0 radical (unpaired) electrons. The van der Waals surface area contributed by atoms with E-state index in [0.717, 1.165) is 0 Å². The number of allylic oxidation sites excluding steroid dienone is 5. The smallest absolute Gasteiger partial charge is 0.612 e. The third kappa shape index (κ3) is 5.42. The molecule has 6 nitrogen and oxygen atoms in total. The van der Waals surface area contributed by atoms with E-state index in [1.54, 1.807) is 30.4 Å². The van der Waals surface area contributed by atoms with Gasteiger partial charge < -0.3 is 14.6 Å². The van der Waals surface area contributed by atoms with Crippen LogP contribution >= 0.6 is 0 Å². The van der Waals surface area contributed by atoms with Crippen molar-refractivity contribution in [1.82, 2.24) is 0 Å². The number of methoxy groups -OCH3 is 1. The van der Waals surface area contributed by atoms with Gasteiger partial charge in [0.05, 0.1) is 18.8 Å². The third-order valence-electron chi connectivity index (χ3n) is 2.49. The van der Waals surface area contributed by atoms with Gasteiger partial charge in [0.2, 0.25) is 0 Å². The molecule has 0 heterocycles. The van der Waals surface area contributed by atoms with Crippen LogP contribution < -0.4 is 5.11 Å². The molecule has 0 fully saturated rings. The Morgan fingerprint density at radius 2 is 2.24 bits per heavy atom. The molecule has 0 amide bonds. The van der Waals surface area contributed by atoms with Gasteiger partial charge in [-0.1, -0.05) is 36.3 Å². The van der Waals surface area contributed by atoms with Gasteiger partial charge in [0.1, 0.15) is 5.10 Å². The van der Waals surface area contributed by atoms with Crippen LogP contribution in [0.2, 0.25) is 0 Å². The third-order valence-corrected chi connectivity index (χ3v) is 2.49. The highest BCUT2D eigenvalue weighted by atomic mass is 16.6. The van der Waals surface area contributed by atoms with E-state index in [1.807, 2.05) is 13.1 Å². The second-order valence-corrected chi connectivity index (χ2v) is 4.13. The summed E-state index contributed by atoms with van der Waals surface area (Å²) in [6.45, 7) is 5.73. The summed E-state index contributed by atoms with van der Waals surface area (Å²) in [7, 11) is 1.21. The first-order valence-corrected chi connectivity index (χ1v) is 6.22. The monoisotopic (exact) mass is 288 g/mol. The van der Waals surface area contributed by atoms with Crippen molar-refractivity contribution in [2.45, 2.75) is 6.92 Å². The van der Waals surface area contributed by atoms with Gasteiger partial charge in [0.25, 0.3) is 0 Å². The predicted octanol–water partition coefficient (Wildman–Crippen LogP) is 1.000. The average Bonchev–Trinajstić information content (AvgIpc) is 2.52. The van der Waals surface area contributed by atoms with E-state index in [-0.39, 0.29) is 23.8 Å². The zero-order valence-corrected chi connectivity index (χ0v) is 11.9. The molecule has 0 aromatic heterocycles. The first-order valence-electron chi connectivity index (χ1n) is 6.22. The SMILES string of the molecule is C=CC(C)CO/C([O-])=C1/C=CC=C/C1=N\N=[C+]C(=O)OC. The summed E-state index contributed by atoms with van der Waals surface area (Å²) in [5, 5.41) is 19.2. The van der Waals surface area contributed by atoms with Crippen molar-refractivity contribution in [3.05, 3.63) is 48.5 Å². The van der Waals surface area contributed by atoms with Crippen molar-refractivity contribution in [3.63, 3.8) is 0 Å². The second-order valence-electron chi connectivity index (χ2n) is 4.13. The van der Waals surface area contributed by atoms with Gasteiger partial charge in [0.15, 0.2) is 0 Å². The van der Waals surface area contributed by atoms with Gasteiger partial charge in [-0.25, -0.2) is 0 Å². The van der Waals surface area contributed by atoms with E-state index < -0.39 is 11.9 Å². The number of ether oxygens (including phenoxy) is 2. The van der Waals surface area contributed by atoms with Crippen LogP contribution in [0.3, 0.4) is 0 Å². The van der Waals surface area contributed by atoms with E-state index >= 15 is 0 Å². The summed E-state index contributed by atoms with van der Waals surface area (Å²) in [5.74, 6) is -1.21. The lowest BCUT2D eigenvalue weighted by Crippen LogP contribution is -2.18. The van der Waals surface area contributed by atoms with Gasteiger partial charge in [-0.2, -0.15) is 4.79 Å². The minimum atomic E-state index is -0.751. The predicted molar refractivity (Wildman–Crippen MR) is 77.5 cm³/mol. The highest BCUT2D eigenvalue weighted by Crippen LogP contribution is 2.13. The lowest BCUT2D eigenvalue weighted by Gasteiger charge is -2.21. The Morgan fingerprint density at radius 1 is 1.52 bits per heavy atom. The number of carbonyl (C=O) groups is 1. The molecule has 1 rings (SSSR count). The molecule has 0 saturated carbocycles. The zero-order valence-electron chi connectivity index (χ0n) is 11.9. The van der Waals surface area contributed by atoms with E-state index in [0.29, 0.717) is 0 Å². The van der Waals surface area contributed by atoms with Crippen molar-refractivity contribution in [2.75, 3.05) is 13.7 Å². The molecule has 0 aliphatic heterocycles. The van der Waals surface area contributed by atoms with Gasteiger partial charge >= 0.3 is 12.2 Å². The minimum absolute atomic E-state index is 0.0590. The summed E-state index contributed by atoms with van der Waals surface area (Å²) in [4.78, 5) is 10.8. The van der Waals surface area contributed by atoms with Crippen molar-refractivity contribution in [3.8, 4) is 0 Å². The molecule has 1 aliphatic carbocycles. The molecule has 0 N–H and O–H groups in total. The fraction of sp³-hybridized carbons (Fsp3) is 0.267. The molecule has 0 spiro atoms. The number of carbonyl (C=O) groups excluding carboxylic acids is 1. The normalized spacial score (nSPS) is 19.2. The Labute approximate surface area is 123 Å². The first-order chi connectivity index (χ1) is 10.1. The maximum absolute atomic E-state index is 12.0. The maximum Gasteiger partial charge on any atom is 0.619 e. The highest BCUT2D eigenvalue weighted by molar-refractivity contribution is 6.23. The maximum atomic E-state index is 12.0. The van der Waals surface area contributed by atoms with E-state index in [1.165, 1.54) is 7.11 Å². The number of hydrogen-bond donors (Lipinski definition) is 0. The van der Waals surface area contributed by atoms with Gasteiger partial charge in [0, 0.05) is 5.57 Å². The molecule has 0 saturated heterocycles. The summed E-state index contributed by atoms with van der Waals surface area (Å²) in [5.41, 5.74) is 0.536. The molecule has 6 heteroatoms. The van der Waals surface area contributed by atoms with Crippen molar-refractivity contribution in [2.24, 2.45) is 16.1 Å². The second kappa shape index (κ2) is 8.45. The fourth-order valence-electron chi connectivity index (χ4n) is 1.25. The van der Waals surface area contributed by atoms with Gasteiger partial charge in [-0.05, 0) is 18.6 Å². The topological polar surface area (TPSA) is 83.3 Å². The van der Waals surface area contributed by atoms with Crippen LogP contribution in [0, 0.1) is 5.92 Å². The summed E-state index contributed by atoms with van der Waals surface area (Å²) in [6, 6.07) is 0.